The van der Waals surface area contributed by atoms with Crippen LogP contribution in [0.1, 0.15) is 11.3 Å². The van der Waals surface area contributed by atoms with Crippen LogP contribution in [0, 0.1) is 3.57 Å². The predicted molar refractivity (Wildman–Crippen MR) is 54.7 cm³/mol. The van der Waals surface area contributed by atoms with Gasteiger partial charge in [0.25, 0.3) is 0 Å². The number of nitrogens with zero attached hydrogens (tertiary/aromatic N) is 1. The lowest BCUT2D eigenvalue weighted by Crippen LogP contribution is -2.00. The molecule has 2 rings (SSSR count). The van der Waals surface area contributed by atoms with E-state index in [1.807, 2.05) is 6.20 Å². The first kappa shape index (κ1) is 9.22. The largest absolute Gasteiger partial charge is 0.307 e. The number of hydrogen-bond donors (Lipinski definition) is 1. The van der Waals surface area contributed by atoms with Crippen molar-refractivity contribution in [1.29, 1.82) is 0 Å². The quantitative estimate of drug-likeness (QED) is 0.733. The van der Waals surface area contributed by atoms with Gasteiger partial charge in [-0.1, -0.05) is 0 Å². The molecule has 0 saturated carbocycles. The fourth-order valence-electron chi connectivity index (χ4n) is 1.14. The minimum atomic E-state index is 0. The first-order valence-corrected chi connectivity index (χ1v) is 4.28. The molecule has 0 aliphatic carbocycles. The lowest BCUT2D eigenvalue weighted by molar-refractivity contribution is 0.757. The molecule has 0 aromatic carbocycles. The molecule has 60 valence electrons. The van der Waals surface area contributed by atoms with Crippen molar-refractivity contribution in [3.8, 4) is 0 Å². The molecule has 0 fully saturated rings. The fraction of sp³-hybridized carbons (Fsp3) is 0.286. The topological polar surface area (TPSA) is 24.9 Å². The van der Waals surface area contributed by atoms with Crippen LogP contribution in [-0.4, -0.2) is 4.98 Å². The monoisotopic (exact) mass is 282 g/mol. The minimum Gasteiger partial charge on any atom is -0.307 e. The fourth-order valence-corrected chi connectivity index (χ4v) is 1.65. The molecule has 0 atom stereocenters. The molecule has 4 heteroatoms. The number of fused-ring (bicyclic) bond motifs is 1. The molecule has 11 heavy (non-hydrogen) atoms. The zero-order valence-electron chi connectivity index (χ0n) is 5.80. The van der Waals surface area contributed by atoms with E-state index in [0.29, 0.717) is 0 Å². The summed E-state index contributed by atoms with van der Waals surface area (Å²) in [6.45, 7) is 1.92. The molecule has 0 radical (unpaired) electrons. The van der Waals surface area contributed by atoms with Crippen molar-refractivity contribution >= 4 is 35.0 Å². The van der Waals surface area contributed by atoms with Gasteiger partial charge in [0.2, 0.25) is 0 Å². The van der Waals surface area contributed by atoms with Gasteiger partial charge in [-0.2, -0.15) is 0 Å². The average molecular weight is 283 g/mol. The van der Waals surface area contributed by atoms with Crippen LogP contribution in [0.15, 0.2) is 12.3 Å². The maximum absolute atomic E-state index is 4.29. The van der Waals surface area contributed by atoms with E-state index in [-0.39, 0.29) is 12.4 Å². The molecule has 0 bridgehead atoms. The Labute approximate surface area is 85.3 Å². The Morgan fingerprint density at radius 2 is 2.27 bits per heavy atom. The number of pyridine rings is 1. The van der Waals surface area contributed by atoms with Crippen LogP contribution in [0.5, 0.6) is 0 Å². The molecule has 2 nitrogen and oxygen atoms in total. The summed E-state index contributed by atoms with van der Waals surface area (Å²) in [5.74, 6) is 0. The molecule has 1 aliphatic rings. The Morgan fingerprint density at radius 1 is 1.45 bits per heavy atom. The second kappa shape index (κ2) is 3.69. The summed E-state index contributed by atoms with van der Waals surface area (Å²) in [4.78, 5) is 4.29. The summed E-state index contributed by atoms with van der Waals surface area (Å²) in [5.41, 5.74) is 2.56. The van der Waals surface area contributed by atoms with Gasteiger partial charge in [0, 0.05) is 22.9 Å². The highest BCUT2D eigenvalue weighted by Crippen LogP contribution is 2.14. The van der Waals surface area contributed by atoms with E-state index in [1.54, 1.807) is 0 Å². The third-order valence-electron chi connectivity index (χ3n) is 1.63. The molecule has 1 aromatic rings. The third kappa shape index (κ3) is 1.83. The van der Waals surface area contributed by atoms with Gasteiger partial charge >= 0.3 is 0 Å². The normalized spacial score (nSPS) is 13.9. The van der Waals surface area contributed by atoms with Crippen molar-refractivity contribution in [2.45, 2.75) is 13.1 Å². The van der Waals surface area contributed by atoms with E-state index in [9.17, 15) is 0 Å². The van der Waals surface area contributed by atoms with Crippen molar-refractivity contribution in [3.63, 3.8) is 0 Å². The maximum Gasteiger partial charge on any atom is 0.0587 e. The lowest BCUT2D eigenvalue weighted by atomic mass is 10.2. The third-order valence-corrected chi connectivity index (χ3v) is 2.22. The van der Waals surface area contributed by atoms with Crippen LogP contribution in [-0.2, 0) is 13.1 Å². The van der Waals surface area contributed by atoms with Crippen LogP contribution in [0.3, 0.4) is 0 Å². The van der Waals surface area contributed by atoms with E-state index < -0.39 is 0 Å². The van der Waals surface area contributed by atoms with Gasteiger partial charge in [0.1, 0.15) is 0 Å². The van der Waals surface area contributed by atoms with Gasteiger partial charge in [-0.05, 0) is 34.2 Å². The Kier molecular flexibility index (Phi) is 3.09. The molecule has 0 saturated heterocycles. The van der Waals surface area contributed by atoms with Crippen LogP contribution < -0.4 is 5.32 Å². The van der Waals surface area contributed by atoms with E-state index in [4.69, 9.17) is 0 Å². The first-order valence-electron chi connectivity index (χ1n) is 3.20. The summed E-state index contributed by atoms with van der Waals surface area (Å²) >= 11 is 2.28. The molecule has 0 unspecified atom stereocenters. The van der Waals surface area contributed by atoms with E-state index in [1.165, 1.54) is 14.8 Å². The molecular weight excluding hydrogens is 274 g/mol. The molecule has 1 aromatic heterocycles. The maximum atomic E-state index is 4.29. The highest BCUT2D eigenvalue weighted by atomic mass is 127. The van der Waals surface area contributed by atoms with Gasteiger partial charge in [-0.25, -0.2) is 0 Å². The predicted octanol–water partition coefficient (Wildman–Crippen LogP) is 1.71. The Bertz CT molecular complexity index is 265. The summed E-state index contributed by atoms with van der Waals surface area (Å²) in [6, 6.07) is 2.18. The SMILES string of the molecule is Cl.Ic1cnc2c(c1)CNC2. The summed E-state index contributed by atoms with van der Waals surface area (Å²) < 4.78 is 1.22. The zero-order chi connectivity index (χ0) is 6.97. The molecule has 1 aliphatic heterocycles. The van der Waals surface area contributed by atoms with Crippen molar-refractivity contribution in [3.05, 3.63) is 27.1 Å². The number of aromatic nitrogens is 1. The zero-order valence-corrected chi connectivity index (χ0v) is 8.78. The van der Waals surface area contributed by atoms with Crippen LogP contribution in [0.2, 0.25) is 0 Å². The smallest absolute Gasteiger partial charge is 0.0587 e. The minimum absolute atomic E-state index is 0. The second-order valence-electron chi connectivity index (χ2n) is 2.36. The van der Waals surface area contributed by atoms with E-state index >= 15 is 0 Å². The van der Waals surface area contributed by atoms with Crippen LogP contribution >= 0.6 is 35.0 Å². The van der Waals surface area contributed by atoms with Crippen LogP contribution in [0.25, 0.3) is 0 Å². The average Bonchev–Trinajstić information content (AvgIpc) is 2.33. The van der Waals surface area contributed by atoms with Crippen molar-refractivity contribution in [2.24, 2.45) is 0 Å². The Morgan fingerprint density at radius 3 is 3.09 bits per heavy atom. The summed E-state index contributed by atoms with van der Waals surface area (Å²) in [6.07, 6.45) is 1.91. The highest BCUT2D eigenvalue weighted by molar-refractivity contribution is 14.1. The van der Waals surface area contributed by atoms with Gasteiger partial charge in [0.05, 0.1) is 5.69 Å². The van der Waals surface area contributed by atoms with Gasteiger partial charge in [-0.15, -0.1) is 12.4 Å². The number of halogens is 2. The van der Waals surface area contributed by atoms with Crippen LogP contribution in [0.4, 0.5) is 0 Å². The number of nitrogens with one attached hydrogen (secondary N) is 1. The van der Waals surface area contributed by atoms with E-state index in [2.05, 4.69) is 39.0 Å². The van der Waals surface area contributed by atoms with Gasteiger partial charge in [-0.3, -0.25) is 4.98 Å². The molecule has 1 N–H and O–H groups in total. The Balaban J connectivity index is 0.000000605. The summed E-state index contributed by atoms with van der Waals surface area (Å²) in [5, 5.41) is 3.25. The van der Waals surface area contributed by atoms with Gasteiger partial charge < -0.3 is 5.32 Å². The van der Waals surface area contributed by atoms with E-state index in [0.717, 1.165) is 13.1 Å². The molecule has 0 spiro atoms. The number of rotatable bonds is 0. The molecular formula is C7H8ClIN2. The second-order valence-corrected chi connectivity index (χ2v) is 3.61. The van der Waals surface area contributed by atoms with Crippen molar-refractivity contribution < 1.29 is 0 Å². The standard InChI is InChI=1S/C7H7IN2.ClH/c8-6-1-5-2-9-4-7(5)10-3-6;/h1,3,9H,2,4H2;1H. The first-order chi connectivity index (χ1) is 4.86. The highest BCUT2D eigenvalue weighted by Gasteiger charge is 2.09. The number of hydrogen-bond acceptors (Lipinski definition) is 2. The molecule has 2 heterocycles. The lowest BCUT2D eigenvalue weighted by Gasteiger charge is -1.94. The van der Waals surface area contributed by atoms with Gasteiger partial charge in [0.15, 0.2) is 0 Å². The summed E-state index contributed by atoms with van der Waals surface area (Å²) in [7, 11) is 0. The Hall–Kier alpha value is 0.130. The molecule has 0 amide bonds. The van der Waals surface area contributed by atoms with Crippen molar-refractivity contribution in [1.82, 2.24) is 10.3 Å². The van der Waals surface area contributed by atoms with Crippen molar-refractivity contribution in [2.75, 3.05) is 0 Å².